The van der Waals surface area contributed by atoms with Gasteiger partial charge in [-0.2, -0.15) is 0 Å². The normalized spacial score (nSPS) is 14.8. The number of hydrogen-bond donors (Lipinski definition) is 1. The molecule has 0 radical (unpaired) electrons. The van der Waals surface area contributed by atoms with Crippen LogP contribution in [-0.4, -0.2) is 17.6 Å². The molecule has 0 saturated heterocycles. The van der Waals surface area contributed by atoms with E-state index in [9.17, 15) is 9.59 Å². The molecule has 2 heterocycles. The van der Waals surface area contributed by atoms with Crippen molar-refractivity contribution in [3.63, 3.8) is 0 Å². The third-order valence-electron chi connectivity index (χ3n) is 2.36. The summed E-state index contributed by atoms with van der Waals surface area (Å²) in [6.07, 6.45) is 1.40. The lowest BCUT2D eigenvalue weighted by molar-refractivity contribution is 0.0477. The highest BCUT2D eigenvalue weighted by Crippen LogP contribution is 2.13. The number of ether oxygens (including phenoxy) is 1. The largest absolute Gasteiger partial charge is 0.462 e. The van der Waals surface area contributed by atoms with Crippen LogP contribution in [0.3, 0.4) is 0 Å². The van der Waals surface area contributed by atoms with E-state index in [2.05, 4.69) is 4.98 Å². The van der Waals surface area contributed by atoms with Crippen LogP contribution in [0.5, 0.6) is 0 Å². The number of hydrogen-bond acceptors (Lipinski definition) is 3. The average molecular weight is 193 g/mol. The number of cyclic esters (lactones) is 1. The molecule has 0 saturated carbocycles. The summed E-state index contributed by atoms with van der Waals surface area (Å²) in [7, 11) is 0. The minimum absolute atomic E-state index is 0.174. The lowest BCUT2D eigenvalue weighted by atomic mass is 10.0. The number of aromatic nitrogens is 1. The van der Waals surface area contributed by atoms with Gasteiger partial charge in [0.1, 0.15) is 5.56 Å². The molecule has 74 valence electrons. The van der Waals surface area contributed by atoms with Gasteiger partial charge in [0, 0.05) is 12.1 Å². The van der Waals surface area contributed by atoms with E-state index in [1.54, 1.807) is 0 Å². The molecule has 4 nitrogen and oxygen atoms in total. The van der Waals surface area contributed by atoms with E-state index < -0.39 is 5.97 Å². The summed E-state index contributed by atoms with van der Waals surface area (Å²) < 4.78 is 4.80. The monoisotopic (exact) mass is 193 g/mol. The van der Waals surface area contributed by atoms with Crippen LogP contribution in [0, 0.1) is 0 Å². The number of esters is 1. The predicted octanol–water partition coefficient (Wildman–Crippen LogP) is 0.650. The summed E-state index contributed by atoms with van der Waals surface area (Å²) in [6, 6.07) is 1.87. The van der Waals surface area contributed by atoms with Gasteiger partial charge >= 0.3 is 5.97 Å². The van der Waals surface area contributed by atoms with E-state index in [1.165, 1.54) is 0 Å². The minimum Gasteiger partial charge on any atom is -0.462 e. The molecule has 2 rings (SSSR count). The molecule has 0 aliphatic carbocycles. The number of nitrogens with one attached hydrogen (secondary N) is 1. The Morgan fingerprint density at radius 2 is 2.29 bits per heavy atom. The molecule has 0 fully saturated rings. The third kappa shape index (κ3) is 1.32. The SMILES string of the molecule is CCc1cc2c(c(=O)[nH]1)C(=O)OCC2. The predicted molar refractivity (Wildman–Crippen MR) is 50.4 cm³/mol. The second-order valence-corrected chi connectivity index (χ2v) is 3.26. The molecule has 1 aliphatic heterocycles. The van der Waals surface area contributed by atoms with Gasteiger partial charge in [0.2, 0.25) is 0 Å². The number of fused-ring (bicyclic) bond motifs is 1. The highest BCUT2D eigenvalue weighted by Gasteiger charge is 2.22. The van der Waals surface area contributed by atoms with Crippen LogP contribution in [0.25, 0.3) is 0 Å². The number of pyridine rings is 1. The Labute approximate surface area is 80.9 Å². The summed E-state index contributed by atoms with van der Waals surface area (Å²) >= 11 is 0. The Bertz CT molecular complexity index is 433. The maximum atomic E-state index is 11.5. The number of carbonyl (C=O) groups is 1. The molecule has 4 heteroatoms. The number of rotatable bonds is 1. The van der Waals surface area contributed by atoms with Crippen molar-refractivity contribution in [1.29, 1.82) is 0 Å². The summed E-state index contributed by atoms with van der Waals surface area (Å²) in [5, 5.41) is 0. The van der Waals surface area contributed by atoms with Gasteiger partial charge in [0.05, 0.1) is 6.61 Å². The Hall–Kier alpha value is -1.58. The number of carbonyl (C=O) groups excluding carboxylic acids is 1. The number of aromatic amines is 1. The second kappa shape index (κ2) is 3.29. The van der Waals surface area contributed by atoms with Crippen molar-refractivity contribution in [3.8, 4) is 0 Å². The minimum atomic E-state index is -0.504. The molecule has 0 aromatic carbocycles. The van der Waals surface area contributed by atoms with Crippen LogP contribution < -0.4 is 5.56 Å². The van der Waals surface area contributed by atoms with Crippen molar-refractivity contribution in [1.82, 2.24) is 4.98 Å². The fourth-order valence-corrected chi connectivity index (χ4v) is 1.61. The van der Waals surface area contributed by atoms with Gasteiger partial charge in [0.25, 0.3) is 5.56 Å². The lowest BCUT2D eigenvalue weighted by Crippen LogP contribution is -2.28. The van der Waals surface area contributed by atoms with Crippen molar-refractivity contribution < 1.29 is 9.53 Å². The summed E-state index contributed by atoms with van der Waals surface area (Å²) in [5.74, 6) is -0.504. The number of H-pyrrole nitrogens is 1. The van der Waals surface area contributed by atoms with Crippen LogP contribution in [0.1, 0.15) is 28.5 Å². The zero-order valence-electron chi connectivity index (χ0n) is 7.92. The van der Waals surface area contributed by atoms with Gasteiger partial charge in [-0.1, -0.05) is 6.92 Å². The highest BCUT2D eigenvalue weighted by atomic mass is 16.5. The maximum Gasteiger partial charge on any atom is 0.344 e. The summed E-state index contributed by atoms with van der Waals surface area (Å²) in [5.41, 5.74) is 1.52. The highest BCUT2D eigenvalue weighted by molar-refractivity contribution is 5.91. The van der Waals surface area contributed by atoms with Gasteiger partial charge in [-0.05, 0) is 18.1 Å². The summed E-state index contributed by atoms with van der Waals surface area (Å²) in [6.45, 7) is 2.33. The Kier molecular flexibility index (Phi) is 2.11. The van der Waals surface area contributed by atoms with Crippen LogP contribution in [0.4, 0.5) is 0 Å². The van der Waals surface area contributed by atoms with E-state index >= 15 is 0 Å². The first-order chi connectivity index (χ1) is 6.72. The lowest BCUT2D eigenvalue weighted by Gasteiger charge is -2.15. The van der Waals surface area contributed by atoms with Gasteiger partial charge in [-0.3, -0.25) is 4.79 Å². The Morgan fingerprint density at radius 1 is 1.50 bits per heavy atom. The van der Waals surface area contributed by atoms with E-state index in [0.717, 1.165) is 17.7 Å². The molecule has 14 heavy (non-hydrogen) atoms. The molecular formula is C10H11NO3. The summed E-state index contributed by atoms with van der Waals surface area (Å²) in [4.78, 5) is 25.4. The third-order valence-corrected chi connectivity index (χ3v) is 2.36. The standard InChI is InChI=1S/C10H11NO3/c1-2-7-5-6-3-4-14-10(13)8(6)9(12)11-7/h5H,2-4H2,1H3,(H,11,12). The van der Waals surface area contributed by atoms with Gasteiger partial charge < -0.3 is 9.72 Å². The van der Waals surface area contributed by atoms with Crippen LogP contribution in [0.2, 0.25) is 0 Å². The number of aryl methyl sites for hydroxylation is 1. The smallest absolute Gasteiger partial charge is 0.344 e. The Balaban J connectivity index is 2.63. The fraction of sp³-hybridized carbons (Fsp3) is 0.400. The van der Waals surface area contributed by atoms with Gasteiger partial charge in [-0.25, -0.2) is 4.79 Å². The van der Waals surface area contributed by atoms with Crippen LogP contribution >= 0.6 is 0 Å². The van der Waals surface area contributed by atoms with E-state index in [4.69, 9.17) is 4.74 Å². The molecule has 0 atom stereocenters. The van der Waals surface area contributed by atoms with E-state index in [0.29, 0.717) is 13.0 Å². The molecule has 0 bridgehead atoms. The zero-order chi connectivity index (χ0) is 10.1. The van der Waals surface area contributed by atoms with Gasteiger partial charge in [0.15, 0.2) is 0 Å². The first kappa shape index (κ1) is 8.99. The molecule has 1 aromatic heterocycles. The van der Waals surface area contributed by atoms with Crippen LogP contribution in [0.15, 0.2) is 10.9 Å². The fourth-order valence-electron chi connectivity index (χ4n) is 1.61. The molecule has 1 aliphatic rings. The van der Waals surface area contributed by atoms with Crippen molar-refractivity contribution >= 4 is 5.97 Å². The van der Waals surface area contributed by atoms with Crippen molar-refractivity contribution in [3.05, 3.63) is 33.2 Å². The molecule has 0 amide bonds. The van der Waals surface area contributed by atoms with E-state index in [-0.39, 0.29) is 11.1 Å². The molecule has 1 N–H and O–H groups in total. The molecule has 0 spiro atoms. The van der Waals surface area contributed by atoms with Crippen LogP contribution in [-0.2, 0) is 17.6 Å². The molecule has 0 unspecified atom stereocenters. The molecular weight excluding hydrogens is 182 g/mol. The second-order valence-electron chi connectivity index (χ2n) is 3.26. The van der Waals surface area contributed by atoms with Crippen molar-refractivity contribution in [2.75, 3.05) is 6.61 Å². The first-order valence-corrected chi connectivity index (χ1v) is 4.64. The average Bonchev–Trinajstić information content (AvgIpc) is 2.17. The zero-order valence-corrected chi connectivity index (χ0v) is 7.92. The topological polar surface area (TPSA) is 59.2 Å². The maximum absolute atomic E-state index is 11.5. The van der Waals surface area contributed by atoms with Gasteiger partial charge in [-0.15, -0.1) is 0 Å². The quantitative estimate of drug-likeness (QED) is 0.666. The molecule has 1 aromatic rings. The first-order valence-electron chi connectivity index (χ1n) is 4.64. The van der Waals surface area contributed by atoms with Crippen molar-refractivity contribution in [2.24, 2.45) is 0 Å². The van der Waals surface area contributed by atoms with Crippen molar-refractivity contribution in [2.45, 2.75) is 19.8 Å². The van der Waals surface area contributed by atoms with E-state index in [1.807, 2.05) is 13.0 Å². The Morgan fingerprint density at radius 3 is 3.00 bits per heavy atom.